The zero-order chi connectivity index (χ0) is 24.7. The fourth-order valence-electron chi connectivity index (χ4n) is 3.34. The second-order valence-electron chi connectivity index (χ2n) is 8.27. The normalized spacial score (nSPS) is 11.6. The number of carbonyl (C=O) groups excluding carboxylic acids is 1. The fourth-order valence-corrected chi connectivity index (χ4v) is 3.34. The van der Waals surface area contributed by atoms with Crippen molar-refractivity contribution in [1.82, 2.24) is 19.7 Å². The van der Waals surface area contributed by atoms with Gasteiger partial charge in [0.05, 0.1) is 18.9 Å². The first kappa shape index (κ1) is 24.9. The molecule has 34 heavy (non-hydrogen) atoms. The van der Waals surface area contributed by atoms with Crippen molar-refractivity contribution in [3.63, 3.8) is 0 Å². The predicted molar refractivity (Wildman–Crippen MR) is 133 cm³/mol. The van der Waals surface area contributed by atoms with Crippen LogP contribution in [0.2, 0.25) is 0 Å². The average Bonchev–Trinajstić information content (AvgIpc) is 3.27. The van der Waals surface area contributed by atoms with Gasteiger partial charge in [0.1, 0.15) is 11.5 Å². The molecule has 0 saturated carbocycles. The van der Waals surface area contributed by atoms with E-state index in [2.05, 4.69) is 25.7 Å². The van der Waals surface area contributed by atoms with Crippen LogP contribution in [-0.2, 0) is 17.9 Å². The van der Waals surface area contributed by atoms with Gasteiger partial charge in [0.2, 0.25) is 5.95 Å². The molecular weight excluding hydrogens is 433 g/mol. The Balaban J connectivity index is 1.73. The number of carbonyl (C=O) groups is 1. The molecule has 0 unspecified atom stereocenters. The van der Waals surface area contributed by atoms with Crippen LogP contribution >= 0.6 is 0 Å². The lowest BCUT2D eigenvalue weighted by Crippen LogP contribution is -2.32. The van der Waals surface area contributed by atoms with Gasteiger partial charge in [-0.3, -0.25) is 9.48 Å². The number of nitrogens with one attached hydrogen (secondary N) is 2. The molecule has 0 radical (unpaired) electrons. The van der Waals surface area contributed by atoms with Crippen molar-refractivity contribution < 1.29 is 9.18 Å². The number of halogens is 1. The number of likely N-dealkylation sites (N-methyl/N-ethyl adjacent to an activating group) is 1. The molecule has 2 N–H and O–H groups in total. The molecule has 9 heteroatoms. The van der Waals surface area contributed by atoms with E-state index in [1.807, 2.05) is 33.9 Å². The quantitative estimate of drug-likeness (QED) is 0.425. The Bertz CT molecular complexity index is 1140. The summed E-state index contributed by atoms with van der Waals surface area (Å²) in [5, 5.41) is 10.9. The van der Waals surface area contributed by atoms with E-state index in [4.69, 9.17) is 0 Å². The molecule has 1 amide bonds. The molecule has 1 aromatic carbocycles. The van der Waals surface area contributed by atoms with Gasteiger partial charge in [0.15, 0.2) is 5.82 Å². The van der Waals surface area contributed by atoms with Crippen molar-refractivity contribution in [3.8, 4) is 0 Å². The van der Waals surface area contributed by atoms with Crippen LogP contribution in [0.1, 0.15) is 45.7 Å². The summed E-state index contributed by atoms with van der Waals surface area (Å²) in [6, 6.07) is 6.50. The lowest BCUT2D eigenvalue weighted by Gasteiger charge is -2.24. The number of allylic oxidation sites excluding steroid dienone is 1. The summed E-state index contributed by atoms with van der Waals surface area (Å²) in [4.78, 5) is 23.6. The minimum absolute atomic E-state index is 0.0744. The minimum Gasteiger partial charge on any atom is -0.366 e. The highest BCUT2D eigenvalue weighted by Crippen LogP contribution is 2.26. The third-order valence-electron chi connectivity index (χ3n) is 5.21. The standard InChI is InChI=1S/C25H32FN7O/c1-6-18(5)24(34)33(7-2)22-14-28-25(31-23(22)30-17(3)4)27-12-20-13-29-32(16-20)15-19-8-10-21(26)11-9-19/h6,8-11,13-14,16-17H,7,12,15H2,1-5H3,(H2,27,28,30,31)/b18-6-. The molecule has 3 aromatic rings. The lowest BCUT2D eigenvalue weighted by atomic mass is 10.2. The van der Waals surface area contributed by atoms with Gasteiger partial charge in [0.25, 0.3) is 5.91 Å². The number of anilines is 3. The van der Waals surface area contributed by atoms with Crippen molar-refractivity contribution >= 4 is 23.4 Å². The number of amides is 1. The number of rotatable bonds is 10. The third kappa shape index (κ3) is 6.40. The molecule has 0 aliphatic carbocycles. The van der Waals surface area contributed by atoms with E-state index >= 15 is 0 Å². The van der Waals surface area contributed by atoms with Crippen molar-refractivity contribution in [1.29, 1.82) is 0 Å². The maximum absolute atomic E-state index is 13.1. The maximum Gasteiger partial charge on any atom is 0.253 e. The van der Waals surface area contributed by atoms with Crippen LogP contribution in [0, 0.1) is 5.82 Å². The van der Waals surface area contributed by atoms with Gasteiger partial charge in [-0.05, 0) is 52.3 Å². The van der Waals surface area contributed by atoms with Crippen molar-refractivity contribution in [2.24, 2.45) is 0 Å². The van der Waals surface area contributed by atoms with Gasteiger partial charge in [-0.2, -0.15) is 10.1 Å². The molecule has 180 valence electrons. The van der Waals surface area contributed by atoms with E-state index in [1.54, 1.807) is 47.1 Å². The van der Waals surface area contributed by atoms with Crippen LogP contribution in [0.15, 0.2) is 54.5 Å². The van der Waals surface area contributed by atoms with E-state index in [-0.39, 0.29) is 17.8 Å². The first-order valence-corrected chi connectivity index (χ1v) is 11.4. The molecule has 0 saturated heterocycles. The average molecular weight is 466 g/mol. The molecule has 0 aliphatic heterocycles. The molecule has 0 bridgehead atoms. The largest absolute Gasteiger partial charge is 0.366 e. The lowest BCUT2D eigenvalue weighted by molar-refractivity contribution is -0.115. The second kappa shape index (κ2) is 11.4. The molecule has 2 aromatic heterocycles. The van der Waals surface area contributed by atoms with Gasteiger partial charge in [-0.1, -0.05) is 18.2 Å². The predicted octanol–water partition coefficient (Wildman–Crippen LogP) is 4.61. The Hall–Kier alpha value is -3.75. The molecule has 0 spiro atoms. The van der Waals surface area contributed by atoms with E-state index in [0.29, 0.717) is 42.7 Å². The van der Waals surface area contributed by atoms with Crippen molar-refractivity contribution in [3.05, 3.63) is 71.4 Å². The fraction of sp³-hybridized carbons (Fsp3) is 0.360. The summed E-state index contributed by atoms with van der Waals surface area (Å²) in [6.45, 7) is 11.1. The summed E-state index contributed by atoms with van der Waals surface area (Å²) in [5.74, 6) is 0.715. The van der Waals surface area contributed by atoms with Crippen LogP contribution in [0.4, 0.5) is 21.8 Å². The zero-order valence-corrected chi connectivity index (χ0v) is 20.3. The molecule has 0 atom stereocenters. The summed E-state index contributed by atoms with van der Waals surface area (Å²) >= 11 is 0. The highest BCUT2D eigenvalue weighted by Gasteiger charge is 2.21. The topological polar surface area (TPSA) is 88.0 Å². The Morgan fingerprint density at radius 2 is 1.94 bits per heavy atom. The monoisotopic (exact) mass is 465 g/mol. The van der Waals surface area contributed by atoms with E-state index in [1.165, 1.54) is 12.1 Å². The van der Waals surface area contributed by atoms with Crippen LogP contribution in [0.25, 0.3) is 0 Å². The Labute approximate surface area is 199 Å². The molecule has 8 nitrogen and oxygen atoms in total. The van der Waals surface area contributed by atoms with E-state index < -0.39 is 0 Å². The highest BCUT2D eigenvalue weighted by molar-refractivity contribution is 6.06. The smallest absolute Gasteiger partial charge is 0.253 e. The number of hydrogen-bond acceptors (Lipinski definition) is 6. The summed E-state index contributed by atoms with van der Waals surface area (Å²) in [6.07, 6.45) is 7.17. The van der Waals surface area contributed by atoms with Gasteiger partial charge < -0.3 is 15.5 Å². The van der Waals surface area contributed by atoms with Crippen LogP contribution in [-0.4, -0.2) is 38.2 Å². The Kier molecular flexibility index (Phi) is 8.34. The molecule has 0 fully saturated rings. The van der Waals surface area contributed by atoms with E-state index in [0.717, 1.165) is 11.1 Å². The molecule has 3 rings (SSSR count). The zero-order valence-electron chi connectivity index (χ0n) is 20.3. The van der Waals surface area contributed by atoms with Crippen molar-refractivity contribution in [2.45, 2.75) is 53.8 Å². The Morgan fingerprint density at radius 3 is 2.59 bits per heavy atom. The number of nitrogens with zero attached hydrogens (tertiary/aromatic N) is 5. The molecular formula is C25H32FN7O. The number of aromatic nitrogens is 4. The van der Waals surface area contributed by atoms with Gasteiger partial charge in [-0.15, -0.1) is 0 Å². The molecule has 2 heterocycles. The van der Waals surface area contributed by atoms with Crippen LogP contribution in [0.3, 0.4) is 0 Å². The molecule has 0 aliphatic rings. The van der Waals surface area contributed by atoms with Crippen molar-refractivity contribution in [2.75, 3.05) is 22.1 Å². The van der Waals surface area contributed by atoms with Gasteiger partial charge in [0, 0.05) is 36.5 Å². The summed E-state index contributed by atoms with van der Waals surface area (Å²) in [7, 11) is 0. The number of hydrogen-bond donors (Lipinski definition) is 2. The van der Waals surface area contributed by atoms with E-state index in [9.17, 15) is 9.18 Å². The summed E-state index contributed by atoms with van der Waals surface area (Å²) in [5.41, 5.74) is 3.23. The van der Waals surface area contributed by atoms with Gasteiger partial charge in [-0.25, -0.2) is 9.37 Å². The highest BCUT2D eigenvalue weighted by atomic mass is 19.1. The minimum atomic E-state index is -0.255. The van der Waals surface area contributed by atoms with Crippen LogP contribution in [0.5, 0.6) is 0 Å². The van der Waals surface area contributed by atoms with Gasteiger partial charge >= 0.3 is 0 Å². The third-order valence-corrected chi connectivity index (χ3v) is 5.21. The maximum atomic E-state index is 13.1. The first-order chi connectivity index (χ1) is 16.3. The Morgan fingerprint density at radius 1 is 1.21 bits per heavy atom. The first-order valence-electron chi connectivity index (χ1n) is 11.4. The summed E-state index contributed by atoms with van der Waals surface area (Å²) < 4.78 is 14.9. The SMILES string of the molecule is C/C=C(/C)C(=O)N(CC)c1cnc(NCc2cnn(Cc3ccc(F)cc3)c2)nc1NC(C)C. The second-order valence-corrected chi connectivity index (χ2v) is 8.27. The number of benzene rings is 1. The van der Waals surface area contributed by atoms with Crippen LogP contribution < -0.4 is 15.5 Å².